The lowest BCUT2D eigenvalue weighted by Gasteiger charge is -2.18. The molecule has 0 unspecified atom stereocenters. The number of benzene rings is 2. The molecule has 1 aliphatic heterocycles. The molecule has 0 atom stereocenters. The van der Waals surface area contributed by atoms with Crippen LogP contribution in [0.15, 0.2) is 46.9 Å². The number of hydrogen-bond acceptors (Lipinski definition) is 5. The van der Waals surface area contributed by atoms with Crippen molar-refractivity contribution in [3.05, 3.63) is 65.3 Å². The van der Waals surface area contributed by atoms with Crippen molar-refractivity contribution in [1.29, 1.82) is 0 Å². The molecule has 0 spiro atoms. The molecule has 3 aromatic rings. The SMILES string of the molecule is COc1c(-c2nnc(Cc3ccc(F)cc3)o2)ccc2c1NCC=C2. The van der Waals surface area contributed by atoms with Crippen molar-refractivity contribution in [3.8, 4) is 17.2 Å². The highest BCUT2D eigenvalue weighted by molar-refractivity contribution is 5.83. The van der Waals surface area contributed by atoms with Crippen LogP contribution < -0.4 is 10.1 Å². The third-order valence-electron chi connectivity index (χ3n) is 4.05. The van der Waals surface area contributed by atoms with Crippen molar-refractivity contribution in [3.63, 3.8) is 0 Å². The fourth-order valence-electron chi connectivity index (χ4n) is 2.86. The predicted octanol–water partition coefficient (Wildman–Crippen LogP) is 3.91. The molecular weight excluding hydrogens is 321 g/mol. The van der Waals surface area contributed by atoms with Crippen molar-refractivity contribution in [2.24, 2.45) is 0 Å². The largest absolute Gasteiger partial charge is 0.494 e. The summed E-state index contributed by atoms with van der Waals surface area (Å²) < 4.78 is 24.4. The van der Waals surface area contributed by atoms with Gasteiger partial charge in [0.2, 0.25) is 5.89 Å². The average Bonchev–Trinajstić information content (AvgIpc) is 3.11. The molecule has 25 heavy (non-hydrogen) atoms. The molecule has 0 aliphatic carbocycles. The van der Waals surface area contributed by atoms with Gasteiger partial charge in [0.25, 0.3) is 5.89 Å². The van der Waals surface area contributed by atoms with Crippen LogP contribution in [0.4, 0.5) is 10.1 Å². The van der Waals surface area contributed by atoms with Gasteiger partial charge in [-0.15, -0.1) is 10.2 Å². The quantitative estimate of drug-likeness (QED) is 0.782. The van der Waals surface area contributed by atoms with Crippen LogP contribution in [0.2, 0.25) is 0 Å². The van der Waals surface area contributed by atoms with Crippen molar-refractivity contribution >= 4 is 11.8 Å². The summed E-state index contributed by atoms with van der Waals surface area (Å²) in [5.41, 5.74) is 3.61. The van der Waals surface area contributed by atoms with Crippen molar-refractivity contribution in [2.75, 3.05) is 19.0 Å². The lowest BCUT2D eigenvalue weighted by atomic mass is 10.0. The Bertz CT molecular complexity index is 932. The topological polar surface area (TPSA) is 60.2 Å². The molecule has 126 valence electrons. The number of halogens is 1. The fourth-order valence-corrected chi connectivity index (χ4v) is 2.86. The van der Waals surface area contributed by atoms with E-state index >= 15 is 0 Å². The maximum atomic E-state index is 13.0. The Labute approximate surface area is 144 Å². The third-order valence-corrected chi connectivity index (χ3v) is 4.05. The minimum Gasteiger partial charge on any atom is -0.494 e. The molecule has 1 aliphatic rings. The van der Waals surface area contributed by atoms with Crippen LogP contribution in [-0.4, -0.2) is 23.9 Å². The number of rotatable bonds is 4. The van der Waals surface area contributed by atoms with Crippen LogP contribution in [0, 0.1) is 5.82 Å². The standard InChI is InChI=1S/C19H16FN3O2/c1-24-18-15(9-6-13-3-2-10-21-17(13)18)19-23-22-16(25-19)11-12-4-7-14(20)8-5-12/h2-9,21H,10-11H2,1H3. The molecule has 5 nitrogen and oxygen atoms in total. The van der Waals surface area contributed by atoms with Gasteiger partial charge in [-0.2, -0.15) is 0 Å². The van der Waals surface area contributed by atoms with Crippen LogP contribution in [0.3, 0.4) is 0 Å². The van der Waals surface area contributed by atoms with Gasteiger partial charge in [0.15, 0.2) is 5.75 Å². The molecule has 4 rings (SSSR count). The minimum atomic E-state index is -0.268. The normalized spacial score (nSPS) is 12.6. The molecule has 2 aromatic carbocycles. The van der Waals surface area contributed by atoms with E-state index in [1.807, 2.05) is 18.2 Å². The van der Waals surface area contributed by atoms with Gasteiger partial charge in [-0.05, 0) is 23.8 Å². The average molecular weight is 337 g/mol. The van der Waals surface area contributed by atoms with E-state index in [4.69, 9.17) is 9.15 Å². The van der Waals surface area contributed by atoms with E-state index in [2.05, 4.69) is 21.6 Å². The molecule has 6 heteroatoms. The second-order valence-electron chi connectivity index (χ2n) is 5.70. The highest BCUT2D eigenvalue weighted by Crippen LogP contribution is 2.40. The van der Waals surface area contributed by atoms with Crippen molar-refractivity contribution in [1.82, 2.24) is 10.2 Å². The smallest absolute Gasteiger partial charge is 0.251 e. The minimum absolute atomic E-state index is 0.268. The number of nitrogens with one attached hydrogen (secondary N) is 1. The zero-order valence-electron chi connectivity index (χ0n) is 13.6. The second kappa shape index (κ2) is 6.39. The van der Waals surface area contributed by atoms with E-state index in [1.54, 1.807) is 19.2 Å². The van der Waals surface area contributed by atoms with Crippen LogP contribution in [0.5, 0.6) is 5.75 Å². The molecule has 2 heterocycles. The first-order chi connectivity index (χ1) is 12.2. The Morgan fingerprint density at radius 3 is 2.80 bits per heavy atom. The van der Waals surface area contributed by atoms with Gasteiger partial charge in [0.05, 0.1) is 24.8 Å². The van der Waals surface area contributed by atoms with Crippen molar-refractivity contribution < 1.29 is 13.5 Å². The Balaban J connectivity index is 1.66. The van der Waals surface area contributed by atoms with Gasteiger partial charge in [0, 0.05) is 12.1 Å². The Morgan fingerprint density at radius 1 is 1.16 bits per heavy atom. The fraction of sp³-hybridized carbons (Fsp3) is 0.158. The van der Waals surface area contributed by atoms with Gasteiger partial charge >= 0.3 is 0 Å². The summed E-state index contributed by atoms with van der Waals surface area (Å²) in [5.74, 6) is 1.27. The van der Waals surface area contributed by atoms with E-state index < -0.39 is 0 Å². The van der Waals surface area contributed by atoms with E-state index in [0.717, 1.165) is 28.9 Å². The maximum Gasteiger partial charge on any atom is 0.251 e. The molecular formula is C19H16FN3O2. The van der Waals surface area contributed by atoms with Gasteiger partial charge in [-0.3, -0.25) is 0 Å². The van der Waals surface area contributed by atoms with Gasteiger partial charge in [-0.1, -0.05) is 30.4 Å². The Kier molecular flexibility index (Phi) is 3.93. The molecule has 1 aromatic heterocycles. The monoisotopic (exact) mass is 337 g/mol. The lowest BCUT2D eigenvalue weighted by Crippen LogP contribution is -2.07. The van der Waals surface area contributed by atoms with Gasteiger partial charge in [0.1, 0.15) is 5.82 Å². The summed E-state index contributed by atoms with van der Waals surface area (Å²) >= 11 is 0. The molecule has 0 amide bonds. The highest BCUT2D eigenvalue weighted by Gasteiger charge is 2.19. The van der Waals surface area contributed by atoms with Crippen LogP contribution in [0.25, 0.3) is 17.5 Å². The molecule has 1 N–H and O–H groups in total. The summed E-state index contributed by atoms with van der Waals surface area (Å²) in [6.07, 6.45) is 4.54. The number of fused-ring (bicyclic) bond motifs is 1. The second-order valence-corrected chi connectivity index (χ2v) is 5.70. The highest BCUT2D eigenvalue weighted by atomic mass is 19.1. The summed E-state index contributed by atoms with van der Waals surface area (Å²) in [4.78, 5) is 0. The van der Waals surface area contributed by atoms with Crippen LogP contribution in [0.1, 0.15) is 17.0 Å². The number of nitrogens with zero attached hydrogens (tertiary/aromatic N) is 2. The van der Waals surface area contributed by atoms with Gasteiger partial charge in [-0.25, -0.2) is 4.39 Å². The lowest BCUT2D eigenvalue weighted by molar-refractivity contribution is 0.415. The van der Waals surface area contributed by atoms with Gasteiger partial charge < -0.3 is 14.5 Å². The third kappa shape index (κ3) is 2.98. The predicted molar refractivity (Wildman–Crippen MR) is 93.0 cm³/mol. The maximum absolute atomic E-state index is 13.0. The van der Waals surface area contributed by atoms with Crippen LogP contribution >= 0.6 is 0 Å². The molecule has 0 fully saturated rings. The first kappa shape index (κ1) is 15.4. The first-order valence-electron chi connectivity index (χ1n) is 7.93. The molecule has 0 saturated heterocycles. The first-order valence-corrected chi connectivity index (χ1v) is 7.93. The molecule has 0 radical (unpaired) electrons. The number of ether oxygens (including phenoxy) is 1. The van der Waals surface area contributed by atoms with E-state index in [-0.39, 0.29) is 5.82 Å². The summed E-state index contributed by atoms with van der Waals surface area (Å²) in [7, 11) is 1.62. The van der Waals surface area contributed by atoms with Crippen LogP contribution in [-0.2, 0) is 6.42 Å². The molecule has 0 saturated carbocycles. The number of methoxy groups -OCH3 is 1. The Hall–Kier alpha value is -3.15. The zero-order chi connectivity index (χ0) is 17.2. The van der Waals surface area contributed by atoms with E-state index in [9.17, 15) is 4.39 Å². The number of anilines is 1. The van der Waals surface area contributed by atoms with E-state index in [0.29, 0.717) is 24.0 Å². The van der Waals surface area contributed by atoms with E-state index in [1.165, 1.54) is 12.1 Å². The summed E-state index contributed by atoms with van der Waals surface area (Å²) in [5, 5.41) is 11.5. The van der Waals surface area contributed by atoms with Crippen molar-refractivity contribution in [2.45, 2.75) is 6.42 Å². The number of aromatic nitrogens is 2. The Morgan fingerprint density at radius 2 is 2.00 bits per heavy atom. The molecule has 0 bridgehead atoms. The summed E-state index contributed by atoms with van der Waals surface area (Å²) in [6, 6.07) is 10.1. The summed E-state index contributed by atoms with van der Waals surface area (Å²) in [6.45, 7) is 0.743. The zero-order valence-corrected chi connectivity index (χ0v) is 13.6. The number of hydrogen-bond donors (Lipinski definition) is 1.